The number of carbonyl (C=O) groups excluding carboxylic acids is 1. The first-order chi connectivity index (χ1) is 9.10. The zero-order chi connectivity index (χ0) is 13.8. The minimum Gasteiger partial charge on any atom is -0.495 e. The molecule has 6 heteroatoms. The first kappa shape index (κ1) is 13.3. The second-order valence-electron chi connectivity index (χ2n) is 3.67. The molecule has 2 rings (SSSR count). The van der Waals surface area contributed by atoms with Gasteiger partial charge in [0.05, 0.1) is 12.1 Å². The number of aromatic nitrogens is 1. The highest BCUT2D eigenvalue weighted by Crippen LogP contribution is 2.27. The number of anilines is 1. The van der Waals surface area contributed by atoms with E-state index in [1.165, 1.54) is 19.4 Å². The van der Waals surface area contributed by atoms with Crippen LogP contribution in [-0.2, 0) is 0 Å². The number of methoxy groups -OCH3 is 1. The molecule has 4 nitrogen and oxygen atoms in total. The number of hydrogen-bond donors (Lipinski definition) is 1. The number of ether oxygens (including phenoxy) is 1. The summed E-state index contributed by atoms with van der Waals surface area (Å²) in [5.74, 6) is -0.701. The molecule has 0 aliphatic heterocycles. The van der Waals surface area contributed by atoms with Crippen molar-refractivity contribution in [2.75, 3.05) is 12.4 Å². The Morgan fingerprint density at radius 3 is 2.84 bits per heavy atom. The minimum atomic E-state index is -0.707. The summed E-state index contributed by atoms with van der Waals surface area (Å²) in [6.07, 6.45) is 1.23. The Morgan fingerprint density at radius 2 is 2.16 bits per heavy atom. The van der Waals surface area contributed by atoms with Gasteiger partial charge in [-0.15, -0.1) is 0 Å². The summed E-state index contributed by atoms with van der Waals surface area (Å²) in [4.78, 5) is 15.3. The van der Waals surface area contributed by atoms with Crippen LogP contribution in [0.1, 0.15) is 10.4 Å². The molecule has 0 aliphatic rings. The van der Waals surface area contributed by atoms with E-state index in [-0.39, 0.29) is 5.56 Å². The lowest BCUT2D eigenvalue weighted by Gasteiger charge is -2.08. The van der Waals surface area contributed by atoms with Crippen molar-refractivity contribution >= 4 is 23.2 Å². The van der Waals surface area contributed by atoms with Gasteiger partial charge in [0, 0.05) is 29.6 Å². The highest BCUT2D eigenvalue weighted by molar-refractivity contribution is 6.32. The summed E-state index contributed by atoms with van der Waals surface area (Å²) in [5, 5.41) is 3.06. The van der Waals surface area contributed by atoms with Crippen molar-refractivity contribution in [3.05, 3.63) is 53.1 Å². The molecule has 0 radical (unpaired) electrons. The molecular weight excluding hydrogens is 271 g/mol. The fourth-order valence-electron chi connectivity index (χ4n) is 1.48. The fraction of sp³-hybridized carbons (Fsp3) is 0.0769. The normalized spacial score (nSPS) is 10.1. The summed E-state index contributed by atoms with van der Waals surface area (Å²) in [6.45, 7) is 0. The lowest BCUT2D eigenvalue weighted by Crippen LogP contribution is -2.12. The first-order valence-corrected chi connectivity index (χ1v) is 5.74. The van der Waals surface area contributed by atoms with Crippen molar-refractivity contribution in [1.29, 1.82) is 0 Å². The third-order valence-corrected chi connectivity index (χ3v) is 2.71. The molecule has 0 saturated carbocycles. The van der Waals surface area contributed by atoms with Crippen molar-refractivity contribution in [1.82, 2.24) is 4.98 Å². The maximum Gasteiger partial charge on any atom is 0.255 e. The third kappa shape index (κ3) is 3.20. The highest BCUT2D eigenvalue weighted by Gasteiger charge is 2.09. The molecule has 0 saturated heterocycles. The standard InChI is InChI=1S/C13H10ClFN2O2/c1-19-11-7-9(2-3-10(11)14)17-13(18)8-4-5-16-12(15)6-8/h2-7H,1H3,(H,17,18). The van der Waals surface area contributed by atoms with Gasteiger partial charge in [-0.25, -0.2) is 4.98 Å². The number of rotatable bonds is 3. The van der Waals surface area contributed by atoms with Crippen LogP contribution in [0.15, 0.2) is 36.5 Å². The number of halogens is 2. The Morgan fingerprint density at radius 1 is 1.37 bits per heavy atom. The van der Waals surface area contributed by atoms with Gasteiger partial charge in [0.25, 0.3) is 5.91 Å². The molecule has 0 aliphatic carbocycles. The summed E-state index contributed by atoms with van der Waals surface area (Å²) in [6, 6.07) is 7.29. The van der Waals surface area contributed by atoms with E-state index in [0.717, 1.165) is 6.07 Å². The molecule has 0 bridgehead atoms. The Labute approximate surface area is 114 Å². The Hall–Kier alpha value is -2.14. The number of hydrogen-bond acceptors (Lipinski definition) is 3. The summed E-state index contributed by atoms with van der Waals surface area (Å²) >= 11 is 5.88. The van der Waals surface area contributed by atoms with Crippen LogP contribution in [0, 0.1) is 5.95 Å². The number of carbonyl (C=O) groups is 1. The van der Waals surface area contributed by atoms with Crippen molar-refractivity contribution in [3.63, 3.8) is 0 Å². The first-order valence-electron chi connectivity index (χ1n) is 5.36. The van der Waals surface area contributed by atoms with Crippen molar-refractivity contribution in [3.8, 4) is 5.75 Å². The van der Waals surface area contributed by atoms with E-state index in [0.29, 0.717) is 16.5 Å². The Bertz CT molecular complexity index is 619. The Kier molecular flexibility index (Phi) is 3.97. The smallest absolute Gasteiger partial charge is 0.255 e. The lowest BCUT2D eigenvalue weighted by molar-refractivity contribution is 0.102. The van der Waals surface area contributed by atoms with E-state index < -0.39 is 11.9 Å². The van der Waals surface area contributed by atoms with Gasteiger partial charge in [0.15, 0.2) is 0 Å². The molecule has 1 heterocycles. The van der Waals surface area contributed by atoms with Gasteiger partial charge in [-0.05, 0) is 18.2 Å². The van der Waals surface area contributed by atoms with Crippen LogP contribution in [0.3, 0.4) is 0 Å². The second kappa shape index (κ2) is 5.67. The van der Waals surface area contributed by atoms with Crippen LogP contribution in [0.2, 0.25) is 5.02 Å². The lowest BCUT2D eigenvalue weighted by atomic mass is 10.2. The van der Waals surface area contributed by atoms with E-state index in [2.05, 4.69) is 10.3 Å². The zero-order valence-electron chi connectivity index (χ0n) is 9.98. The average molecular weight is 281 g/mol. The van der Waals surface area contributed by atoms with Gasteiger partial charge in [0.1, 0.15) is 5.75 Å². The van der Waals surface area contributed by atoms with Crippen molar-refractivity contribution < 1.29 is 13.9 Å². The van der Waals surface area contributed by atoms with Crippen LogP contribution < -0.4 is 10.1 Å². The maximum absolute atomic E-state index is 12.9. The molecule has 0 spiro atoms. The van der Waals surface area contributed by atoms with Crippen molar-refractivity contribution in [2.24, 2.45) is 0 Å². The van der Waals surface area contributed by atoms with Gasteiger partial charge < -0.3 is 10.1 Å². The number of nitrogens with zero attached hydrogens (tertiary/aromatic N) is 1. The van der Waals surface area contributed by atoms with Gasteiger partial charge in [-0.1, -0.05) is 11.6 Å². The topological polar surface area (TPSA) is 51.2 Å². The number of amides is 1. The molecule has 0 fully saturated rings. The van der Waals surface area contributed by atoms with Crippen LogP contribution in [-0.4, -0.2) is 18.0 Å². The van der Waals surface area contributed by atoms with Crippen molar-refractivity contribution in [2.45, 2.75) is 0 Å². The predicted molar refractivity (Wildman–Crippen MR) is 70.2 cm³/mol. The predicted octanol–water partition coefficient (Wildman–Crippen LogP) is 3.14. The second-order valence-corrected chi connectivity index (χ2v) is 4.08. The highest BCUT2D eigenvalue weighted by atomic mass is 35.5. The molecule has 98 valence electrons. The minimum absolute atomic E-state index is 0.182. The van der Waals surface area contributed by atoms with E-state index in [1.54, 1.807) is 18.2 Å². The van der Waals surface area contributed by atoms with E-state index >= 15 is 0 Å². The molecule has 1 amide bonds. The van der Waals surface area contributed by atoms with Crippen LogP contribution in [0.5, 0.6) is 5.75 Å². The SMILES string of the molecule is COc1cc(NC(=O)c2ccnc(F)c2)ccc1Cl. The number of pyridine rings is 1. The van der Waals surface area contributed by atoms with Crippen LogP contribution in [0.4, 0.5) is 10.1 Å². The summed E-state index contributed by atoms with van der Waals surface area (Å²) in [5.41, 5.74) is 0.685. The summed E-state index contributed by atoms with van der Waals surface area (Å²) < 4.78 is 17.9. The molecular formula is C13H10ClFN2O2. The van der Waals surface area contributed by atoms with Gasteiger partial charge in [-0.3, -0.25) is 4.79 Å². The fourth-order valence-corrected chi connectivity index (χ4v) is 1.68. The molecule has 1 aromatic carbocycles. The molecule has 19 heavy (non-hydrogen) atoms. The van der Waals surface area contributed by atoms with Gasteiger partial charge >= 0.3 is 0 Å². The van der Waals surface area contributed by atoms with Crippen LogP contribution >= 0.6 is 11.6 Å². The number of benzene rings is 1. The van der Waals surface area contributed by atoms with Gasteiger partial charge in [-0.2, -0.15) is 4.39 Å². The largest absolute Gasteiger partial charge is 0.495 e. The average Bonchev–Trinajstić information content (AvgIpc) is 2.41. The molecule has 0 unspecified atom stereocenters. The molecule has 2 aromatic rings. The molecule has 1 aromatic heterocycles. The zero-order valence-corrected chi connectivity index (χ0v) is 10.7. The third-order valence-electron chi connectivity index (χ3n) is 2.40. The maximum atomic E-state index is 12.9. The monoisotopic (exact) mass is 280 g/mol. The summed E-state index contributed by atoms with van der Waals surface area (Å²) in [7, 11) is 1.48. The van der Waals surface area contributed by atoms with Crippen LogP contribution in [0.25, 0.3) is 0 Å². The van der Waals surface area contributed by atoms with E-state index in [4.69, 9.17) is 16.3 Å². The molecule has 1 N–H and O–H groups in total. The van der Waals surface area contributed by atoms with E-state index in [9.17, 15) is 9.18 Å². The quantitative estimate of drug-likeness (QED) is 0.879. The van der Waals surface area contributed by atoms with E-state index in [1.807, 2.05) is 0 Å². The number of nitrogens with one attached hydrogen (secondary N) is 1. The Balaban J connectivity index is 2.19. The molecule has 0 atom stereocenters. The van der Waals surface area contributed by atoms with Gasteiger partial charge in [0.2, 0.25) is 5.95 Å².